The Labute approximate surface area is 187 Å². The van der Waals surface area contributed by atoms with Crippen LogP contribution in [0.15, 0.2) is 42.6 Å². The molecule has 1 saturated heterocycles. The Kier molecular flexibility index (Phi) is 7.17. The molecule has 170 valence electrons. The van der Waals surface area contributed by atoms with Crippen LogP contribution in [0.3, 0.4) is 0 Å². The zero-order valence-electron chi connectivity index (χ0n) is 19.6. The van der Waals surface area contributed by atoms with E-state index in [1.165, 1.54) is 34.6 Å². The summed E-state index contributed by atoms with van der Waals surface area (Å²) in [7, 11) is 0. The van der Waals surface area contributed by atoms with Crippen molar-refractivity contribution in [1.29, 1.82) is 0 Å². The van der Waals surface area contributed by atoms with Gasteiger partial charge in [0.25, 0.3) is 0 Å². The molecule has 1 aliphatic carbocycles. The van der Waals surface area contributed by atoms with Crippen LogP contribution in [0.4, 0.5) is 0 Å². The SMILES string of the molecule is CC(C)(C)c1ccc(Cn2cccc2C[NH+](C[C@H](O)C[NH+]2CCOCC2)C2CC2)cc1. The van der Waals surface area contributed by atoms with Crippen molar-refractivity contribution in [2.45, 2.75) is 64.3 Å². The summed E-state index contributed by atoms with van der Waals surface area (Å²) in [6.45, 7) is 14.1. The quantitative estimate of drug-likeness (QED) is 0.550. The summed E-state index contributed by atoms with van der Waals surface area (Å²) < 4.78 is 7.84. The van der Waals surface area contributed by atoms with E-state index in [-0.39, 0.29) is 11.5 Å². The predicted molar refractivity (Wildman–Crippen MR) is 124 cm³/mol. The van der Waals surface area contributed by atoms with E-state index in [2.05, 4.69) is 67.9 Å². The average molecular weight is 428 g/mol. The van der Waals surface area contributed by atoms with Crippen LogP contribution in [0.2, 0.25) is 0 Å². The lowest BCUT2D eigenvalue weighted by Gasteiger charge is -2.28. The lowest BCUT2D eigenvalue weighted by atomic mass is 9.87. The third-order valence-electron chi connectivity index (χ3n) is 6.88. The number of nitrogens with zero attached hydrogens (tertiary/aromatic N) is 1. The van der Waals surface area contributed by atoms with Crippen molar-refractivity contribution in [1.82, 2.24) is 4.57 Å². The Morgan fingerprint density at radius 3 is 2.48 bits per heavy atom. The average Bonchev–Trinajstić information content (AvgIpc) is 3.50. The van der Waals surface area contributed by atoms with Gasteiger partial charge in [0.1, 0.15) is 32.7 Å². The first-order valence-electron chi connectivity index (χ1n) is 12.1. The first-order valence-corrected chi connectivity index (χ1v) is 12.1. The van der Waals surface area contributed by atoms with Gasteiger partial charge in [-0.2, -0.15) is 0 Å². The normalized spacial score (nSPS) is 20.0. The Balaban J connectivity index is 1.36. The van der Waals surface area contributed by atoms with Gasteiger partial charge in [0, 0.05) is 25.6 Å². The van der Waals surface area contributed by atoms with Crippen molar-refractivity contribution in [3.8, 4) is 0 Å². The maximum atomic E-state index is 10.8. The van der Waals surface area contributed by atoms with Gasteiger partial charge in [-0.05, 0) is 28.7 Å². The minimum absolute atomic E-state index is 0.190. The van der Waals surface area contributed by atoms with Crippen LogP contribution in [0.5, 0.6) is 0 Å². The summed E-state index contributed by atoms with van der Waals surface area (Å²) in [6, 6.07) is 14.2. The van der Waals surface area contributed by atoms with Crippen molar-refractivity contribution in [3.63, 3.8) is 0 Å². The minimum atomic E-state index is -0.239. The topological polar surface area (TPSA) is 43.3 Å². The number of aliphatic hydroxyl groups is 1. The van der Waals surface area contributed by atoms with Crippen LogP contribution in [0.25, 0.3) is 0 Å². The van der Waals surface area contributed by atoms with E-state index in [4.69, 9.17) is 4.74 Å². The first kappa shape index (κ1) is 22.5. The smallest absolute Gasteiger partial charge is 0.152 e. The number of hydrogen-bond donors (Lipinski definition) is 3. The molecule has 31 heavy (non-hydrogen) atoms. The van der Waals surface area contributed by atoms with Crippen molar-refractivity contribution >= 4 is 0 Å². The lowest BCUT2D eigenvalue weighted by molar-refractivity contribution is -0.942. The largest absolute Gasteiger partial charge is 0.382 e. The van der Waals surface area contributed by atoms with E-state index in [0.717, 1.165) is 52.5 Å². The molecular formula is C26H41N3O2+2. The third-order valence-corrected chi connectivity index (χ3v) is 6.88. The molecule has 2 heterocycles. The molecule has 3 N–H and O–H groups in total. The molecule has 2 fully saturated rings. The number of nitrogens with one attached hydrogen (secondary N) is 2. The second-order valence-electron chi connectivity index (χ2n) is 10.6. The number of hydrogen-bond acceptors (Lipinski definition) is 2. The van der Waals surface area contributed by atoms with E-state index in [1.54, 1.807) is 4.90 Å². The molecule has 1 aromatic carbocycles. The maximum absolute atomic E-state index is 10.8. The molecule has 5 heteroatoms. The van der Waals surface area contributed by atoms with Crippen LogP contribution in [-0.2, 0) is 23.2 Å². The number of benzene rings is 1. The summed E-state index contributed by atoms with van der Waals surface area (Å²) in [5.74, 6) is 0. The molecule has 0 bridgehead atoms. The highest BCUT2D eigenvalue weighted by Gasteiger charge is 2.35. The zero-order chi connectivity index (χ0) is 21.8. The van der Waals surface area contributed by atoms with Gasteiger partial charge in [-0.15, -0.1) is 0 Å². The zero-order valence-corrected chi connectivity index (χ0v) is 19.6. The number of rotatable bonds is 9. The second kappa shape index (κ2) is 9.86. The maximum Gasteiger partial charge on any atom is 0.152 e. The van der Waals surface area contributed by atoms with Crippen molar-refractivity contribution in [3.05, 3.63) is 59.4 Å². The molecule has 1 aliphatic heterocycles. The molecule has 0 spiro atoms. The van der Waals surface area contributed by atoms with E-state index in [9.17, 15) is 5.11 Å². The van der Waals surface area contributed by atoms with Gasteiger partial charge in [-0.1, -0.05) is 45.0 Å². The molecule has 4 rings (SSSR count). The second-order valence-corrected chi connectivity index (χ2v) is 10.6. The molecule has 5 nitrogen and oxygen atoms in total. The van der Waals surface area contributed by atoms with Gasteiger partial charge in [0.15, 0.2) is 6.10 Å². The highest BCUT2D eigenvalue weighted by atomic mass is 16.5. The van der Waals surface area contributed by atoms with Crippen LogP contribution < -0.4 is 9.80 Å². The van der Waals surface area contributed by atoms with Gasteiger partial charge in [-0.25, -0.2) is 0 Å². The fourth-order valence-corrected chi connectivity index (χ4v) is 4.75. The van der Waals surface area contributed by atoms with E-state index in [1.807, 2.05) is 0 Å². The first-order chi connectivity index (χ1) is 14.9. The van der Waals surface area contributed by atoms with Gasteiger partial charge in [0.2, 0.25) is 0 Å². The Morgan fingerprint density at radius 1 is 1.13 bits per heavy atom. The van der Waals surface area contributed by atoms with Gasteiger partial charge >= 0.3 is 0 Å². The van der Waals surface area contributed by atoms with E-state index >= 15 is 0 Å². The van der Waals surface area contributed by atoms with Crippen molar-refractivity contribution < 1.29 is 19.6 Å². The van der Waals surface area contributed by atoms with Crippen molar-refractivity contribution in [2.24, 2.45) is 0 Å². The molecule has 2 aliphatic rings. The van der Waals surface area contributed by atoms with E-state index in [0.29, 0.717) is 6.04 Å². The third kappa shape index (κ3) is 6.42. The van der Waals surface area contributed by atoms with Gasteiger partial charge < -0.3 is 24.2 Å². The summed E-state index contributed by atoms with van der Waals surface area (Å²) in [5.41, 5.74) is 4.28. The summed E-state index contributed by atoms with van der Waals surface area (Å²) in [4.78, 5) is 3.03. The molecule has 1 saturated carbocycles. The highest BCUT2D eigenvalue weighted by Crippen LogP contribution is 2.22. The van der Waals surface area contributed by atoms with Gasteiger partial charge in [-0.3, -0.25) is 0 Å². The molecule has 0 amide bonds. The molecule has 1 unspecified atom stereocenters. The molecule has 0 radical (unpaired) electrons. The Morgan fingerprint density at radius 2 is 1.84 bits per heavy atom. The van der Waals surface area contributed by atoms with Crippen molar-refractivity contribution in [2.75, 3.05) is 39.4 Å². The highest BCUT2D eigenvalue weighted by molar-refractivity contribution is 5.28. The number of morpholine rings is 1. The summed E-state index contributed by atoms with van der Waals surface area (Å²) >= 11 is 0. The van der Waals surface area contributed by atoms with Crippen LogP contribution >= 0.6 is 0 Å². The lowest BCUT2D eigenvalue weighted by Crippen LogP contribution is -3.18. The monoisotopic (exact) mass is 427 g/mol. The number of aromatic nitrogens is 1. The standard InChI is InChI=1S/C26H39N3O2/c1-26(2,3)22-8-6-21(7-9-22)17-28-12-4-5-24(28)18-29(23-10-11-23)20-25(30)19-27-13-15-31-16-14-27/h4-9,12,23,25,30H,10-11,13-20H2,1-3H3/p+2/t25-/m1/s1. The predicted octanol–water partition coefficient (Wildman–Crippen LogP) is 0.657. The van der Waals surface area contributed by atoms with Gasteiger partial charge in [0.05, 0.1) is 24.9 Å². The fraction of sp³-hybridized carbons (Fsp3) is 0.615. The molecular weight excluding hydrogens is 386 g/mol. The molecule has 1 aromatic heterocycles. The molecule has 2 atom stereocenters. The van der Waals surface area contributed by atoms with E-state index < -0.39 is 0 Å². The van der Waals surface area contributed by atoms with Crippen LogP contribution in [0, 0.1) is 0 Å². The summed E-state index contributed by atoms with van der Waals surface area (Å²) in [5, 5.41) is 10.8. The van der Waals surface area contributed by atoms with Crippen LogP contribution in [-0.4, -0.2) is 61.2 Å². The molecule has 2 aromatic rings. The number of quaternary nitrogens is 2. The fourth-order valence-electron chi connectivity index (χ4n) is 4.75. The Bertz CT molecular complexity index is 814. The number of ether oxygens (including phenoxy) is 1. The Hall–Kier alpha value is -1.66. The number of aliphatic hydroxyl groups excluding tert-OH is 1. The van der Waals surface area contributed by atoms with Crippen LogP contribution in [0.1, 0.15) is 50.4 Å². The minimum Gasteiger partial charge on any atom is -0.382 e. The summed E-state index contributed by atoms with van der Waals surface area (Å²) in [6.07, 6.45) is 4.55.